The van der Waals surface area contributed by atoms with E-state index in [2.05, 4.69) is 10.1 Å². The van der Waals surface area contributed by atoms with Gasteiger partial charge in [-0.15, -0.1) is 11.3 Å². The van der Waals surface area contributed by atoms with E-state index in [1.807, 2.05) is 36.4 Å². The molecule has 0 saturated carbocycles. The molecule has 0 aliphatic heterocycles. The lowest BCUT2D eigenvalue weighted by molar-refractivity contribution is -0.115. The average molecular weight is 422 g/mol. The minimum atomic E-state index is -0.581. The molecule has 0 fully saturated rings. The Morgan fingerprint density at radius 3 is 2.73 bits per heavy atom. The second kappa shape index (κ2) is 8.75. The molecule has 4 rings (SSSR count). The first-order chi connectivity index (χ1) is 14.6. The average Bonchev–Trinajstić information content (AvgIpc) is 3.50. The number of furan rings is 1. The molecule has 9 heteroatoms. The van der Waals surface area contributed by atoms with Crippen LogP contribution in [-0.4, -0.2) is 26.6 Å². The van der Waals surface area contributed by atoms with Gasteiger partial charge in [0.1, 0.15) is 12.4 Å². The zero-order valence-corrected chi connectivity index (χ0v) is 16.9. The van der Waals surface area contributed by atoms with Gasteiger partial charge in [0.15, 0.2) is 5.13 Å². The first-order valence-electron chi connectivity index (χ1n) is 9.13. The van der Waals surface area contributed by atoms with E-state index in [1.54, 1.807) is 34.6 Å². The molecule has 30 heavy (non-hydrogen) atoms. The van der Waals surface area contributed by atoms with Crippen molar-refractivity contribution in [3.63, 3.8) is 0 Å². The lowest BCUT2D eigenvalue weighted by Crippen LogP contribution is -2.22. The van der Waals surface area contributed by atoms with Crippen molar-refractivity contribution in [2.24, 2.45) is 0 Å². The SMILES string of the molecule is CC(=O)N(c1ccccc1)c1nc(COC(=O)c2ccc(Cn3cccn3)o2)cs1. The van der Waals surface area contributed by atoms with Crippen molar-refractivity contribution in [2.45, 2.75) is 20.1 Å². The monoisotopic (exact) mass is 422 g/mol. The van der Waals surface area contributed by atoms with Gasteiger partial charge in [-0.1, -0.05) is 18.2 Å². The molecular weight excluding hydrogens is 404 g/mol. The van der Waals surface area contributed by atoms with Crippen LogP contribution in [0, 0.1) is 0 Å². The predicted octanol–water partition coefficient (Wildman–Crippen LogP) is 4.02. The number of aromatic nitrogens is 3. The van der Waals surface area contributed by atoms with E-state index < -0.39 is 5.97 Å². The van der Waals surface area contributed by atoms with E-state index in [1.165, 1.54) is 23.2 Å². The molecule has 3 aromatic heterocycles. The third-order valence-corrected chi connectivity index (χ3v) is 5.03. The summed E-state index contributed by atoms with van der Waals surface area (Å²) in [6.45, 7) is 1.88. The number of benzene rings is 1. The second-order valence-electron chi connectivity index (χ2n) is 6.36. The zero-order valence-electron chi connectivity index (χ0n) is 16.1. The Labute approximate surface area is 176 Å². The zero-order chi connectivity index (χ0) is 20.9. The van der Waals surface area contributed by atoms with Gasteiger partial charge >= 0.3 is 5.97 Å². The van der Waals surface area contributed by atoms with E-state index in [0.29, 0.717) is 23.1 Å². The largest absolute Gasteiger partial charge is 0.453 e. The van der Waals surface area contributed by atoms with Crippen molar-refractivity contribution in [3.05, 3.63) is 83.5 Å². The summed E-state index contributed by atoms with van der Waals surface area (Å²) in [6.07, 6.45) is 3.48. The molecule has 0 saturated heterocycles. The maximum absolute atomic E-state index is 12.3. The summed E-state index contributed by atoms with van der Waals surface area (Å²) in [5.74, 6) is -0.0223. The van der Waals surface area contributed by atoms with E-state index in [9.17, 15) is 9.59 Å². The molecule has 1 amide bonds. The number of nitrogens with zero attached hydrogens (tertiary/aromatic N) is 4. The van der Waals surface area contributed by atoms with Gasteiger partial charge in [-0.25, -0.2) is 9.78 Å². The van der Waals surface area contributed by atoms with Gasteiger partial charge in [-0.2, -0.15) is 5.10 Å². The van der Waals surface area contributed by atoms with Gasteiger partial charge in [0.2, 0.25) is 11.7 Å². The molecule has 3 heterocycles. The van der Waals surface area contributed by atoms with Crippen molar-refractivity contribution in [1.82, 2.24) is 14.8 Å². The third kappa shape index (κ3) is 4.47. The first-order valence-corrected chi connectivity index (χ1v) is 10.0. The molecule has 0 aliphatic rings. The lowest BCUT2D eigenvalue weighted by Gasteiger charge is -2.17. The summed E-state index contributed by atoms with van der Waals surface area (Å²) in [4.78, 5) is 30.3. The molecule has 8 nitrogen and oxygen atoms in total. The number of rotatable bonds is 7. The number of ether oxygens (including phenoxy) is 1. The Morgan fingerprint density at radius 1 is 1.17 bits per heavy atom. The summed E-state index contributed by atoms with van der Waals surface area (Å²) < 4.78 is 12.5. The van der Waals surface area contributed by atoms with Crippen molar-refractivity contribution in [2.75, 3.05) is 4.90 Å². The van der Waals surface area contributed by atoms with Crippen LogP contribution in [0.25, 0.3) is 0 Å². The highest BCUT2D eigenvalue weighted by atomic mass is 32.1. The van der Waals surface area contributed by atoms with Crippen LogP contribution < -0.4 is 4.90 Å². The fourth-order valence-corrected chi connectivity index (χ4v) is 3.68. The van der Waals surface area contributed by atoms with Crippen LogP contribution in [0.15, 0.2) is 70.7 Å². The Kier molecular flexibility index (Phi) is 5.71. The fourth-order valence-electron chi connectivity index (χ4n) is 2.81. The third-order valence-electron chi connectivity index (χ3n) is 4.15. The van der Waals surface area contributed by atoms with Crippen molar-refractivity contribution in [1.29, 1.82) is 0 Å². The molecule has 0 radical (unpaired) electrons. The predicted molar refractivity (Wildman–Crippen MR) is 111 cm³/mol. The highest BCUT2D eigenvalue weighted by Crippen LogP contribution is 2.29. The normalized spacial score (nSPS) is 10.7. The molecule has 0 bridgehead atoms. The molecular formula is C21H18N4O4S. The number of carbonyl (C=O) groups is 2. The van der Waals surface area contributed by atoms with Crippen LogP contribution in [-0.2, 0) is 22.7 Å². The van der Waals surface area contributed by atoms with E-state index in [0.717, 1.165) is 5.69 Å². The first kappa shape index (κ1) is 19.6. The number of para-hydroxylation sites is 1. The molecule has 0 aliphatic carbocycles. The fraction of sp³-hybridized carbons (Fsp3) is 0.143. The van der Waals surface area contributed by atoms with E-state index in [-0.39, 0.29) is 18.3 Å². The smallest absolute Gasteiger partial charge is 0.374 e. The standard InChI is InChI=1S/C21H18N4O4S/c1-15(26)25(17-6-3-2-4-7-17)21-23-16(14-30-21)13-28-20(27)19-9-8-18(29-19)12-24-11-5-10-22-24/h2-11,14H,12-13H2,1H3. The van der Waals surface area contributed by atoms with Crippen molar-refractivity contribution < 1.29 is 18.7 Å². The van der Waals surface area contributed by atoms with Gasteiger partial charge in [0, 0.05) is 24.7 Å². The number of esters is 1. The molecule has 152 valence electrons. The number of amides is 1. The van der Waals surface area contributed by atoms with Crippen LogP contribution in [0.3, 0.4) is 0 Å². The van der Waals surface area contributed by atoms with Gasteiger partial charge in [0.05, 0.1) is 17.9 Å². The van der Waals surface area contributed by atoms with Crippen LogP contribution in [0.1, 0.15) is 28.9 Å². The summed E-state index contributed by atoms with van der Waals surface area (Å²) in [5.41, 5.74) is 1.28. The maximum Gasteiger partial charge on any atom is 0.374 e. The number of hydrogen-bond donors (Lipinski definition) is 0. The summed E-state index contributed by atoms with van der Waals surface area (Å²) in [6, 6.07) is 14.3. The Morgan fingerprint density at radius 2 is 2.00 bits per heavy atom. The highest BCUT2D eigenvalue weighted by Gasteiger charge is 2.19. The van der Waals surface area contributed by atoms with Gasteiger partial charge in [0.25, 0.3) is 0 Å². The summed E-state index contributed by atoms with van der Waals surface area (Å²) in [7, 11) is 0. The second-order valence-corrected chi connectivity index (χ2v) is 7.19. The van der Waals surface area contributed by atoms with Gasteiger partial charge in [-0.05, 0) is 30.3 Å². The number of thiazole rings is 1. The van der Waals surface area contributed by atoms with Crippen molar-refractivity contribution in [3.8, 4) is 0 Å². The van der Waals surface area contributed by atoms with Crippen LogP contribution >= 0.6 is 11.3 Å². The maximum atomic E-state index is 12.3. The number of anilines is 2. The quantitative estimate of drug-likeness (QED) is 0.418. The highest BCUT2D eigenvalue weighted by molar-refractivity contribution is 7.14. The molecule has 0 N–H and O–H groups in total. The van der Waals surface area contributed by atoms with Crippen molar-refractivity contribution >= 4 is 34.0 Å². The van der Waals surface area contributed by atoms with Crippen LogP contribution in [0.5, 0.6) is 0 Å². The Bertz CT molecular complexity index is 1130. The Hall–Kier alpha value is -3.72. The topological polar surface area (TPSA) is 90.5 Å². The molecule has 1 aromatic carbocycles. The summed E-state index contributed by atoms with van der Waals surface area (Å²) >= 11 is 1.30. The van der Waals surface area contributed by atoms with Gasteiger partial charge < -0.3 is 9.15 Å². The minimum absolute atomic E-state index is 0.0228. The van der Waals surface area contributed by atoms with Gasteiger partial charge in [-0.3, -0.25) is 14.4 Å². The molecule has 4 aromatic rings. The molecule has 0 atom stereocenters. The Balaban J connectivity index is 1.39. The van der Waals surface area contributed by atoms with E-state index >= 15 is 0 Å². The molecule has 0 unspecified atom stereocenters. The minimum Gasteiger partial charge on any atom is -0.453 e. The van der Waals surface area contributed by atoms with E-state index in [4.69, 9.17) is 9.15 Å². The number of hydrogen-bond acceptors (Lipinski definition) is 7. The summed E-state index contributed by atoms with van der Waals surface area (Å²) in [5, 5.41) is 6.37. The van der Waals surface area contributed by atoms with Crippen LogP contribution in [0.2, 0.25) is 0 Å². The van der Waals surface area contributed by atoms with Crippen LogP contribution in [0.4, 0.5) is 10.8 Å². The lowest BCUT2D eigenvalue weighted by atomic mass is 10.3. The number of carbonyl (C=O) groups excluding carboxylic acids is 2. The molecule has 0 spiro atoms.